The summed E-state index contributed by atoms with van der Waals surface area (Å²) in [6.07, 6.45) is 1.71. The number of fused-ring (bicyclic) bond motifs is 1. The van der Waals surface area contributed by atoms with Crippen LogP contribution in [-0.2, 0) is 0 Å². The lowest BCUT2D eigenvalue weighted by atomic mass is 10.0. The molecule has 0 atom stereocenters. The Morgan fingerprint density at radius 3 is 3.00 bits per heavy atom. The number of hydrogen-bond donors (Lipinski definition) is 1. The van der Waals surface area contributed by atoms with Crippen LogP contribution in [0.5, 0.6) is 0 Å². The second kappa shape index (κ2) is 3.28. The Morgan fingerprint density at radius 2 is 2.20 bits per heavy atom. The Balaban J connectivity index is 1.86. The van der Waals surface area contributed by atoms with Crippen LogP contribution in [-0.4, -0.2) is 24.8 Å². The molecule has 1 fully saturated rings. The van der Waals surface area contributed by atoms with Crippen molar-refractivity contribution in [3.8, 4) is 0 Å². The van der Waals surface area contributed by atoms with E-state index in [4.69, 9.17) is 9.52 Å². The molecule has 1 aliphatic heterocycles. The van der Waals surface area contributed by atoms with Crippen molar-refractivity contribution in [2.24, 2.45) is 5.92 Å². The van der Waals surface area contributed by atoms with E-state index in [9.17, 15) is 0 Å². The van der Waals surface area contributed by atoms with E-state index < -0.39 is 0 Å². The van der Waals surface area contributed by atoms with Gasteiger partial charge in [-0.1, -0.05) is 0 Å². The van der Waals surface area contributed by atoms with E-state index in [1.54, 1.807) is 6.26 Å². The number of rotatable bonds is 2. The molecular weight excluding hydrogens is 190 g/mol. The van der Waals surface area contributed by atoms with Crippen LogP contribution in [0.3, 0.4) is 0 Å². The Bertz CT molecular complexity index is 471. The monoisotopic (exact) mass is 203 g/mol. The Hall–Kier alpha value is -1.48. The van der Waals surface area contributed by atoms with Crippen molar-refractivity contribution in [3.05, 3.63) is 30.5 Å². The first-order valence-corrected chi connectivity index (χ1v) is 5.20. The van der Waals surface area contributed by atoms with Crippen LogP contribution < -0.4 is 4.90 Å². The summed E-state index contributed by atoms with van der Waals surface area (Å²) in [7, 11) is 0. The first kappa shape index (κ1) is 8.80. The molecule has 1 aliphatic rings. The van der Waals surface area contributed by atoms with Gasteiger partial charge in [0.05, 0.1) is 6.26 Å². The summed E-state index contributed by atoms with van der Waals surface area (Å²) in [6, 6.07) is 8.20. The van der Waals surface area contributed by atoms with Crippen LogP contribution in [0.4, 0.5) is 5.69 Å². The topological polar surface area (TPSA) is 36.6 Å². The summed E-state index contributed by atoms with van der Waals surface area (Å²) in [6.45, 7) is 2.19. The summed E-state index contributed by atoms with van der Waals surface area (Å²) < 4.78 is 5.35. The standard InChI is InChI=1S/C12H13NO2/c14-8-9-6-13(7-9)11-2-1-10-3-4-15-12(10)5-11/h1-5,9,14H,6-8H2. The number of anilines is 1. The van der Waals surface area contributed by atoms with Crippen LogP contribution in [0, 0.1) is 5.92 Å². The number of furan rings is 1. The second-order valence-electron chi connectivity index (χ2n) is 4.10. The molecule has 0 unspecified atom stereocenters. The number of hydrogen-bond acceptors (Lipinski definition) is 3. The summed E-state index contributed by atoms with van der Waals surface area (Å²) in [5, 5.41) is 10.1. The smallest absolute Gasteiger partial charge is 0.135 e. The van der Waals surface area contributed by atoms with Crippen LogP contribution in [0.1, 0.15) is 0 Å². The van der Waals surface area contributed by atoms with Crippen molar-refractivity contribution in [1.82, 2.24) is 0 Å². The zero-order chi connectivity index (χ0) is 10.3. The van der Waals surface area contributed by atoms with E-state index in [0.717, 1.165) is 24.1 Å². The predicted octanol–water partition coefficient (Wildman–Crippen LogP) is 1.86. The second-order valence-corrected chi connectivity index (χ2v) is 4.10. The van der Waals surface area contributed by atoms with E-state index in [2.05, 4.69) is 23.1 Å². The van der Waals surface area contributed by atoms with Gasteiger partial charge in [0.25, 0.3) is 0 Å². The van der Waals surface area contributed by atoms with Crippen molar-refractivity contribution in [3.63, 3.8) is 0 Å². The molecule has 2 heterocycles. The number of nitrogens with zero attached hydrogens (tertiary/aromatic N) is 1. The Morgan fingerprint density at radius 1 is 1.33 bits per heavy atom. The van der Waals surface area contributed by atoms with E-state index in [1.807, 2.05) is 6.07 Å². The molecule has 1 saturated heterocycles. The van der Waals surface area contributed by atoms with Crippen molar-refractivity contribution < 1.29 is 9.52 Å². The van der Waals surface area contributed by atoms with E-state index >= 15 is 0 Å². The summed E-state index contributed by atoms with van der Waals surface area (Å²) in [5.74, 6) is 0.442. The zero-order valence-corrected chi connectivity index (χ0v) is 8.39. The van der Waals surface area contributed by atoms with Crippen LogP contribution in [0.25, 0.3) is 11.0 Å². The third-order valence-electron chi connectivity index (χ3n) is 3.02. The average Bonchev–Trinajstić information content (AvgIpc) is 2.63. The van der Waals surface area contributed by atoms with E-state index in [-0.39, 0.29) is 0 Å². The van der Waals surface area contributed by atoms with Gasteiger partial charge in [-0.05, 0) is 18.2 Å². The molecule has 0 radical (unpaired) electrons. The molecule has 1 aromatic carbocycles. The first-order valence-electron chi connectivity index (χ1n) is 5.20. The third kappa shape index (κ3) is 1.39. The van der Waals surface area contributed by atoms with Crippen molar-refractivity contribution in [1.29, 1.82) is 0 Å². The number of benzene rings is 1. The maximum absolute atomic E-state index is 8.94. The highest BCUT2D eigenvalue weighted by Gasteiger charge is 2.26. The predicted molar refractivity (Wildman–Crippen MR) is 59.0 cm³/mol. The molecule has 3 nitrogen and oxygen atoms in total. The molecular formula is C12H13NO2. The fourth-order valence-electron chi connectivity index (χ4n) is 2.04. The highest BCUT2D eigenvalue weighted by Crippen LogP contribution is 2.28. The normalized spacial score (nSPS) is 17.0. The molecule has 15 heavy (non-hydrogen) atoms. The molecule has 0 aliphatic carbocycles. The molecule has 3 heteroatoms. The van der Waals surface area contributed by atoms with Crippen molar-refractivity contribution >= 4 is 16.7 Å². The fourth-order valence-corrected chi connectivity index (χ4v) is 2.04. The molecule has 3 rings (SSSR count). The SMILES string of the molecule is OCC1CN(c2ccc3ccoc3c2)C1. The lowest BCUT2D eigenvalue weighted by Crippen LogP contribution is -2.48. The fraction of sp³-hybridized carbons (Fsp3) is 0.333. The van der Waals surface area contributed by atoms with E-state index in [0.29, 0.717) is 12.5 Å². The van der Waals surface area contributed by atoms with Gasteiger partial charge in [-0.2, -0.15) is 0 Å². The molecule has 2 aromatic rings. The van der Waals surface area contributed by atoms with Crippen molar-refractivity contribution in [2.75, 3.05) is 24.6 Å². The molecule has 0 bridgehead atoms. The maximum atomic E-state index is 8.94. The third-order valence-corrected chi connectivity index (χ3v) is 3.02. The number of aliphatic hydroxyl groups excluding tert-OH is 1. The Labute approximate surface area is 87.9 Å². The minimum absolute atomic E-state index is 0.291. The number of aliphatic hydroxyl groups is 1. The quantitative estimate of drug-likeness (QED) is 0.809. The van der Waals surface area contributed by atoms with Crippen LogP contribution >= 0.6 is 0 Å². The molecule has 1 aromatic heterocycles. The van der Waals surface area contributed by atoms with Gasteiger partial charge in [0, 0.05) is 42.8 Å². The molecule has 0 spiro atoms. The Kier molecular flexibility index (Phi) is 1.92. The highest BCUT2D eigenvalue weighted by molar-refractivity contribution is 5.81. The van der Waals surface area contributed by atoms with Gasteiger partial charge in [0.15, 0.2) is 0 Å². The lowest BCUT2D eigenvalue weighted by molar-refractivity contribution is 0.201. The zero-order valence-electron chi connectivity index (χ0n) is 8.39. The van der Waals surface area contributed by atoms with Gasteiger partial charge in [-0.3, -0.25) is 0 Å². The highest BCUT2D eigenvalue weighted by atomic mass is 16.3. The molecule has 1 N–H and O–H groups in total. The van der Waals surface area contributed by atoms with Gasteiger partial charge < -0.3 is 14.4 Å². The summed E-state index contributed by atoms with van der Waals surface area (Å²) in [4.78, 5) is 2.25. The summed E-state index contributed by atoms with van der Waals surface area (Å²) >= 11 is 0. The van der Waals surface area contributed by atoms with Gasteiger partial charge in [-0.15, -0.1) is 0 Å². The molecule has 78 valence electrons. The minimum Gasteiger partial charge on any atom is -0.464 e. The lowest BCUT2D eigenvalue weighted by Gasteiger charge is -2.40. The molecule has 0 amide bonds. The largest absolute Gasteiger partial charge is 0.464 e. The van der Waals surface area contributed by atoms with E-state index in [1.165, 1.54) is 5.69 Å². The average molecular weight is 203 g/mol. The van der Waals surface area contributed by atoms with Gasteiger partial charge in [-0.25, -0.2) is 0 Å². The summed E-state index contributed by atoms with van der Waals surface area (Å²) in [5.41, 5.74) is 2.11. The molecule has 0 saturated carbocycles. The van der Waals surface area contributed by atoms with Crippen LogP contribution in [0.15, 0.2) is 34.9 Å². The van der Waals surface area contributed by atoms with Gasteiger partial charge in [0.1, 0.15) is 5.58 Å². The first-order chi connectivity index (χ1) is 7.36. The van der Waals surface area contributed by atoms with Crippen LogP contribution in [0.2, 0.25) is 0 Å². The van der Waals surface area contributed by atoms with Gasteiger partial charge in [0.2, 0.25) is 0 Å². The minimum atomic E-state index is 0.291. The van der Waals surface area contributed by atoms with Crippen molar-refractivity contribution in [2.45, 2.75) is 0 Å². The van der Waals surface area contributed by atoms with Gasteiger partial charge >= 0.3 is 0 Å². The maximum Gasteiger partial charge on any atom is 0.135 e.